The van der Waals surface area contributed by atoms with Crippen molar-refractivity contribution in [2.45, 2.75) is 12.8 Å². The number of nitriles is 1. The molecule has 0 amide bonds. The maximum atomic E-state index is 10.5. The maximum Gasteiger partial charge on any atom is 0.303 e. The van der Waals surface area contributed by atoms with Crippen molar-refractivity contribution in [3.8, 4) is 6.07 Å². The van der Waals surface area contributed by atoms with Crippen LogP contribution in [0.3, 0.4) is 0 Å². The van der Waals surface area contributed by atoms with Crippen molar-refractivity contribution >= 4 is 22.7 Å². The van der Waals surface area contributed by atoms with E-state index in [-0.39, 0.29) is 6.42 Å². The standard InChI is InChI=1S/C15H15N3O2/c1-18(8-4-7-15(19)20)14-9-11(10-16)12-5-2-3-6-13(12)17-14/h2-3,5-6,9H,4,7-8H2,1H3,(H,19,20). The first-order valence-corrected chi connectivity index (χ1v) is 6.34. The zero-order valence-electron chi connectivity index (χ0n) is 11.2. The third-order valence-corrected chi connectivity index (χ3v) is 3.10. The van der Waals surface area contributed by atoms with Gasteiger partial charge >= 0.3 is 5.97 Å². The zero-order valence-corrected chi connectivity index (χ0v) is 11.2. The third kappa shape index (κ3) is 3.04. The summed E-state index contributed by atoms with van der Waals surface area (Å²) in [6.45, 7) is 0.586. The summed E-state index contributed by atoms with van der Waals surface area (Å²) >= 11 is 0. The Balaban J connectivity index is 2.26. The topological polar surface area (TPSA) is 77.2 Å². The van der Waals surface area contributed by atoms with Crippen LogP contribution in [0.15, 0.2) is 30.3 Å². The lowest BCUT2D eigenvalue weighted by atomic mass is 10.1. The summed E-state index contributed by atoms with van der Waals surface area (Å²) in [6, 6.07) is 11.4. The molecule has 0 spiro atoms. The Kier molecular flexibility index (Phi) is 4.16. The van der Waals surface area contributed by atoms with Gasteiger partial charge in [-0.25, -0.2) is 4.98 Å². The lowest BCUT2D eigenvalue weighted by Crippen LogP contribution is -2.20. The third-order valence-electron chi connectivity index (χ3n) is 3.10. The summed E-state index contributed by atoms with van der Waals surface area (Å²) in [7, 11) is 1.85. The van der Waals surface area contributed by atoms with Gasteiger partial charge in [-0.1, -0.05) is 18.2 Å². The summed E-state index contributed by atoms with van der Waals surface area (Å²) in [4.78, 5) is 16.9. The second-order valence-electron chi connectivity index (χ2n) is 4.58. The number of pyridine rings is 1. The number of benzene rings is 1. The molecule has 102 valence electrons. The van der Waals surface area contributed by atoms with E-state index in [4.69, 9.17) is 5.11 Å². The number of aliphatic carboxylic acids is 1. The lowest BCUT2D eigenvalue weighted by molar-refractivity contribution is -0.137. The van der Waals surface area contributed by atoms with Crippen LogP contribution in [0.1, 0.15) is 18.4 Å². The van der Waals surface area contributed by atoms with E-state index in [1.54, 1.807) is 6.07 Å². The van der Waals surface area contributed by atoms with Gasteiger partial charge in [0.15, 0.2) is 0 Å². The number of hydrogen-bond donors (Lipinski definition) is 1. The normalized spacial score (nSPS) is 10.2. The summed E-state index contributed by atoms with van der Waals surface area (Å²) in [5.41, 5.74) is 1.35. The first-order valence-electron chi connectivity index (χ1n) is 6.34. The van der Waals surface area contributed by atoms with Gasteiger partial charge in [-0.2, -0.15) is 5.26 Å². The Morgan fingerprint density at radius 2 is 2.20 bits per heavy atom. The van der Waals surface area contributed by atoms with Crippen molar-refractivity contribution in [1.29, 1.82) is 5.26 Å². The van der Waals surface area contributed by atoms with Crippen LogP contribution in [-0.2, 0) is 4.79 Å². The Morgan fingerprint density at radius 1 is 1.45 bits per heavy atom. The number of carboxylic acid groups (broad SMARTS) is 1. The Morgan fingerprint density at radius 3 is 2.90 bits per heavy atom. The minimum atomic E-state index is -0.803. The predicted octanol–water partition coefficient (Wildman–Crippen LogP) is 2.41. The highest BCUT2D eigenvalue weighted by Crippen LogP contribution is 2.21. The van der Waals surface area contributed by atoms with Crippen molar-refractivity contribution in [3.05, 3.63) is 35.9 Å². The van der Waals surface area contributed by atoms with E-state index < -0.39 is 5.97 Å². The van der Waals surface area contributed by atoms with Gasteiger partial charge < -0.3 is 10.0 Å². The number of aromatic nitrogens is 1. The SMILES string of the molecule is CN(CCCC(=O)O)c1cc(C#N)c2ccccc2n1. The van der Waals surface area contributed by atoms with Gasteiger partial charge in [-0.15, -0.1) is 0 Å². The molecule has 0 saturated heterocycles. The summed E-state index contributed by atoms with van der Waals surface area (Å²) in [5, 5.41) is 18.7. The van der Waals surface area contributed by atoms with Crippen molar-refractivity contribution in [2.75, 3.05) is 18.5 Å². The number of fused-ring (bicyclic) bond motifs is 1. The number of para-hydroxylation sites is 1. The second-order valence-corrected chi connectivity index (χ2v) is 4.58. The van der Waals surface area contributed by atoms with Crippen LogP contribution in [0.2, 0.25) is 0 Å². The van der Waals surface area contributed by atoms with Crippen LogP contribution in [0.5, 0.6) is 0 Å². The smallest absolute Gasteiger partial charge is 0.303 e. The number of hydrogen-bond acceptors (Lipinski definition) is 4. The fraction of sp³-hybridized carbons (Fsp3) is 0.267. The van der Waals surface area contributed by atoms with Gasteiger partial charge in [-0.05, 0) is 18.6 Å². The van der Waals surface area contributed by atoms with E-state index in [1.165, 1.54) is 0 Å². The van der Waals surface area contributed by atoms with Gasteiger partial charge in [0, 0.05) is 25.4 Å². The highest BCUT2D eigenvalue weighted by Gasteiger charge is 2.09. The van der Waals surface area contributed by atoms with Crippen LogP contribution in [0.25, 0.3) is 10.9 Å². The molecular formula is C15H15N3O2. The summed E-state index contributed by atoms with van der Waals surface area (Å²) in [6.07, 6.45) is 0.672. The Hall–Kier alpha value is -2.61. The minimum Gasteiger partial charge on any atom is -0.481 e. The van der Waals surface area contributed by atoms with Gasteiger partial charge in [0.1, 0.15) is 5.82 Å². The number of anilines is 1. The van der Waals surface area contributed by atoms with Gasteiger partial charge in [0.05, 0.1) is 17.1 Å². The number of carboxylic acids is 1. The van der Waals surface area contributed by atoms with Gasteiger partial charge in [-0.3, -0.25) is 4.79 Å². The molecule has 0 aliphatic heterocycles. The van der Waals surface area contributed by atoms with Gasteiger partial charge in [0.25, 0.3) is 0 Å². The van der Waals surface area contributed by atoms with E-state index in [2.05, 4.69) is 11.1 Å². The van der Waals surface area contributed by atoms with Crippen molar-refractivity contribution < 1.29 is 9.90 Å². The Labute approximate surface area is 117 Å². The average Bonchev–Trinajstić information content (AvgIpc) is 2.45. The van der Waals surface area contributed by atoms with Crippen molar-refractivity contribution in [1.82, 2.24) is 4.98 Å². The molecule has 1 aromatic carbocycles. The molecule has 1 heterocycles. The molecule has 0 aliphatic carbocycles. The number of rotatable bonds is 5. The molecule has 0 radical (unpaired) electrons. The fourth-order valence-electron chi connectivity index (χ4n) is 2.03. The molecule has 2 aromatic rings. The molecule has 0 aliphatic rings. The van der Waals surface area contributed by atoms with Crippen LogP contribution in [-0.4, -0.2) is 29.7 Å². The fourth-order valence-corrected chi connectivity index (χ4v) is 2.03. The van der Waals surface area contributed by atoms with Crippen LogP contribution < -0.4 is 4.90 Å². The first kappa shape index (κ1) is 13.8. The largest absolute Gasteiger partial charge is 0.481 e. The quantitative estimate of drug-likeness (QED) is 0.901. The number of nitrogens with zero attached hydrogens (tertiary/aromatic N) is 3. The van der Waals surface area contributed by atoms with Crippen LogP contribution >= 0.6 is 0 Å². The molecule has 0 fully saturated rings. The average molecular weight is 269 g/mol. The molecule has 5 nitrogen and oxygen atoms in total. The molecule has 2 rings (SSSR count). The van der Waals surface area contributed by atoms with Crippen molar-refractivity contribution in [3.63, 3.8) is 0 Å². The maximum absolute atomic E-state index is 10.5. The Bertz CT molecular complexity index is 676. The highest BCUT2D eigenvalue weighted by atomic mass is 16.4. The molecule has 0 unspecified atom stereocenters. The molecule has 1 aromatic heterocycles. The molecule has 20 heavy (non-hydrogen) atoms. The molecule has 0 saturated carbocycles. The minimum absolute atomic E-state index is 0.128. The van der Waals surface area contributed by atoms with E-state index in [0.29, 0.717) is 24.3 Å². The monoisotopic (exact) mass is 269 g/mol. The van der Waals surface area contributed by atoms with Gasteiger partial charge in [0.2, 0.25) is 0 Å². The summed E-state index contributed by atoms with van der Waals surface area (Å²) < 4.78 is 0. The molecule has 5 heteroatoms. The molecule has 0 atom stereocenters. The highest BCUT2D eigenvalue weighted by molar-refractivity contribution is 5.86. The van der Waals surface area contributed by atoms with E-state index >= 15 is 0 Å². The first-order chi connectivity index (χ1) is 9.61. The van der Waals surface area contributed by atoms with E-state index in [0.717, 1.165) is 10.9 Å². The van der Waals surface area contributed by atoms with E-state index in [9.17, 15) is 10.1 Å². The zero-order chi connectivity index (χ0) is 14.5. The van der Waals surface area contributed by atoms with Crippen LogP contribution in [0.4, 0.5) is 5.82 Å². The predicted molar refractivity (Wildman–Crippen MR) is 76.6 cm³/mol. The molecular weight excluding hydrogens is 254 g/mol. The van der Waals surface area contributed by atoms with Crippen LogP contribution in [0, 0.1) is 11.3 Å². The summed E-state index contributed by atoms with van der Waals surface area (Å²) in [5.74, 6) is -0.117. The van der Waals surface area contributed by atoms with Crippen molar-refractivity contribution in [2.24, 2.45) is 0 Å². The van der Waals surface area contributed by atoms with E-state index in [1.807, 2.05) is 36.2 Å². The molecule has 1 N–H and O–H groups in total. The lowest BCUT2D eigenvalue weighted by Gasteiger charge is -2.18. The second kappa shape index (κ2) is 6.02. The number of carbonyl (C=O) groups is 1. The molecule has 0 bridgehead atoms.